The fraction of sp³-hybridized carbons (Fsp3) is 0.357. The van der Waals surface area contributed by atoms with E-state index < -0.39 is 5.97 Å². The second kappa shape index (κ2) is 5.73. The molecule has 1 unspecified atom stereocenters. The van der Waals surface area contributed by atoms with Crippen molar-refractivity contribution in [1.29, 1.82) is 0 Å². The Labute approximate surface area is 117 Å². The van der Waals surface area contributed by atoms with Gasteiger partial charge in [-0.05, 0) is 25.5 Å². The summed E-state index contributed by atoms with van der Waals surface area (Å²) in [6.07, 6.45) is 0.833. The Bertz CT molecular complexity index is 622. The summed E-state index contributed by atoms with van der Waals surface area (Å²) >= 11 is 0. The summed E-state index contributed by atoms with van der Waals surface area (Å²) in [5.74, 6) is -0.423. The maximum Gasteiger partial charge on any atom is 0.358 e. The van der Waals surface area contributed by atoms with Crippen LogP contribution in [0.5, 0.6) is 5.75 Å². The van der Waals surface area contributed by atoms with Gasteiger partial charge in [-0.25, -0.2) is 9.48 Å². The first kappa shape index (κ1) is 14.0. The van der Waals surface area contributed by atoms with Crippen LogP contribution in [0, 0.1) is 0 Å². The lowest BCUT2D eigenvalue weighted by molar-refractivity contribution is 0.0691. The number of carboxylic acids is 1. The fourth-order valence-electron chi connectivity index (χ4n) is 1.96. The molecule has 1 N–H and O–H groups in total. The summed E-state index contributed by atoms with van der Waals surface area (Å²) < 4.78 is 6.83. The summed E-state index contributed by atoms with van der Waals surface area (Å²) in [4.78, 5) is 11.3. The van der Waals surface area contributed by atoms with E-state index in [0.29, 0.717) is 11.4 Å². The van der Waals surface area contributed by atoms with Gasteiger partial charge in [0.2, 0.25) is 0 Å². The van der Waals surface area contributed by atoms with E-state index in [-0.39, 0.29) is 11.7 Å². The zero-order valence-electron chi connectivity index (χ0n) is 11.7. The monoisotopic (exact) mass is 275 g/mol. The third kappa shape index (κ3) is 2.49. The number of hydrogen-bond donors (Lipinski definition) is 1. The van der Waals surface area contributed by atoms with E-state index in [1.165, 1.54) is 0 Å². The maximum atomic E-state index is 11.3. The highest BCUT2D eigenvalue weighted by atomic mass is 16.5. The number of hydrogen-bond acceptors (Lipinski definition) is 4. The number of methoxy groups -OCH3 is 1. The van der Waals surface area contributed by atoms with Gasteiger partial charge in [-0.1, -0.05) is 24.3 Å². The molecule has 0 amide bonds. The van der Waals surface area contributed by atoms with Crippen LogP contribution in [0.1, 0.15) is 36.8 Å². The minimum Gasteiger partial charge on any atom is -0.497 e. The molecular weight excluding hydrogens is 258 g/mol. The van der Waals surface area contributed by atoms with E-state index in [1.54, 1.807) is 23.9 Å². The Kier molecular flexibility index (Phi) is 4.02. The van der Waals surface area contributed by atoms with Crippen molar-refractivity contribution in [2.75, 3.05) is 7.11 Å². The first-order valence-electron chi connectivity index (χ1n) is 6.41. The molecule has 1 atom stereocenters. The minimum atomic E-state index is -1.09. The summed E-state index contributed by atoms with van der Waals surface area (Å²) in [6.45, 7) is 3.99. The number of aromatic carboxylic acids is 1. The van der Waals surface area contributed by atoms with E-state index in [4.69, 9.17) is 4.74 Å². The van der Waals surface area contributed by atoms with Gasteiger partial charge in [-0.15, -0.1) is 5.10 Å². The van der Waals surface area contributed by atoms with Crippen molar-refractivity contribution in [3.05, 3.63) is 30.0 Å². The maximum absolute atomic E-state index is 11.3. The number of aromatic nitrogens is 3. The van der Waals surface area contributed by atoms with Gasteiger partial charge in [-0.2, -0.15) is 0 Å². The van der Waals surface area contributed by atoms with Gasteiger partial charge in [-0.3, -0.25) is 0 Å². The zero-order chi connectivity index (χ0) is 14.7. The quantitative estimate of drug-likeness (QED) is 0.907. The van der Waals surface area contributed by atoms with Gasteiger partial charge < -0.3 is 9.84 Å². The molecule has 0 aliphatic heterocycles. The summed E-state index contributed by atoms with van der Waals surface area (Å²) in [5, 5.41) is 17.0. The van der Waals surface area contributed by atoms with Crippen molar-refractivity contribution < 1.29 is 14.6 Å². The molecule has 0 radical (unpaired) electrons. The second-order valence-corrected chi connectivity index (χ2v) is 4.53. The van der Waals surface area contributed by atoms with Crippen LogP contribution >= 0.6 is 0 Å². The molecule has 0 bridgehead atoms. The van der Waals surface area contributed by atoms with Gasteiger partial charge in [0.1, 0.15) is 11.4 Å². The summed E-state index contributed by atoms with van der Waals surface area (Å²) in [6, 6.07) is 7.29. The standard InChI is InChI=1S/C14H17N3O3/c1-4-9(2)17-13(12(14(18)19)15-16-17)10-6-5-7-11(8-10)20-3/h5-9H,4H2,1-3H3,(H,18,19). The van der Waals surface area contributed by atoms with Crippen molar-refractivity contribution in [3.63, 3.8) is 0 Å². The van der Waals surface area contributed by atoms with Crippen molar-refractivity contribution >= 4 is 5.97 Å². The van der Waals surface area contributed by atoms with Crippen LogP contribution in [0.2, 0.25) is 0 Å². The first-order valence-corrected chi connectivity index (χ1v) is 6.41. The highest BCUT2D eigenvalue weighted by Crippen LogP contribution is 2.28. The normalized spacial score (nSPS) is 12.2. The summed E-state index contributed by atoms with van der Waals surface area (Å²) in [5.41, 5.74) is 1.19. The zero-order valence-corrected chi connectivity index (χ0v) is 11.7. The molecule has 2 aromatic rings. The average molecular weight is 275 g/mol. The molecule has 2 rings (SSSR count). The highest BCUT2D eigenvalue weighted by molar-refractivity contribution is 5.92. The lowest BCUT2D eigenvalue weighted by Gasteiger charge is -2.13. The van der Waals surface area contributed by atoms with Gasteiger partial charge >= 0.3 is 5.97 Å². The average Bonchev–Trinajstić information content (AvgIpc) is 2.91. The predicted molar refractivity (Wildman–Crippen MR) is 74.0 cm³/mol. The lowest BCUT2D eigenvalue weighted by Crippen LogP contribution is -2.09. The Balaban J connectivity index is 2.62. The molecular formula is C14H17N3O3. The third-order valence-electron chi connectivity index (χ3n) is 3.25. The molecule has 1 heterocycles. The number of carbonyl (C=O) groups is 1. The van der Waals surface area contributed by atoms with Gasteiger partial charge in [0.05, 0.1) is 13.2 Å². The van der Waals surface area contributed by atoms with E-state index >= 15 is 0 Å². The Morgan fingerprint density at radius 3 is 2.85 bits per heavy atom. The van der Waals surface area contributed by atoms with Crippen LogP contribution in [-0.4, -0.2) is 33.2 Å². The molecule has 1 aromatic heterocycles. The Hall–Kier alpha value is -2.37. The van der Waals surface area contributed by atoms with Gasteiger partial charge in [0.25, 0.3) is 0 Å². The number of carboxylic acid groups (broad SMARTS) is 1. The van der Waals surface area contributed by atoms with Crippen molar-refractivity contribution in [2.24, 2.45) is 0 Å². The smallest absolute Gasteiger partial charge is 0.358 e. The number of ether oxygens (including phenoxy) is 1. The van der Waals surface area contributed by atoms with Crippen LogP contribution in [0.15, 0.2) is 24.3 Å². The topological polar surface area (TPSA) is 77.2 Å². The van der Waals surface area contributed by atoms with Crippen LogP contribution in [-0.2, 0) is 0 Å². The molecule has 0 saturated heterocycles. The molecule has 0 aliphatic carbocycles. The molecule has 0 fully saturated rings. The molecule has 6 heteroatoms. The SMILES string of the molecule is CCC(C)n1nnc(C(=O)O)c1-c1cccc(OC)c1. The molecule has 1 aromatic carbocycles. The van der Waals surface area contributed by atoms with Crippen molar-refractivity contribution in [1.82, 2.24) is 15.0 Å². The molecule has 6 nitrogen and oxygen atoms in total. The lowest BCUT2D eigenvalue weighted by atomic mass is 10.1. The Morgan fingerprint density at radius 2 is 2.25 bits per heavy atom. The number of rotatable bonds is 5. The van der Waals surface area contributed by atoms with Crippen molar-refractivity contribution in [2.45, 2.75) is 26.3 Å². The fourth-order valence-corrected chi connectivity index (χ4v) is 1.96. The van der Waals surface area contributed by atoms with E-state index in [1.807, 2.05) is 26.0 Å². The Morgan fingerprint density at radius 1 is 1.50 bits per heavy atom. The van der Waals surface area contributed by atoms with E-state index in [9.17, 15) is 9.90 Å². The molecule has 0 spiro atoms. The third-order valence-corrected chi connectivity index (χ3v) is 3.25. The largest absolute Gasteiger partial charge is 0.497 e. The number of benzene rings is 1. The van der Waals surface area contributed by atoms with Crippen LogP contribution in [0.25, 0.3) is 11.3 Å². The predicted octanol–water partition coefficient (Wildman–Crippen LogP) is 2.62. The summed E-state index contributed by atoms with van der Waals surface area (Å²) in [7, 11) is 1.57. The molecule has 0 aliphatic rings. The van der Waals surface area contributed by atoms with Crippen LogP contribution in [0.3, 0.4) is 0 Å². The second-order valence-electron chi connectivity index (χ2n) is 4.53. The first-order chi connectivity index (χ1) is 9.58. The minimum absolute atomic E-state index is 0.0430. The van der Waals surface area contributed by atoms with Gasteiger partial charge in [0, 0.05) is 5.56 Å². The van der Waals surface area contributed by atoms with E-state index in [0.717, 1.165) is 12.0 Å². The van der Waals surface area contributed by atoms with Crippen LogP contribution in [0.4, 0.5) is 0 Å². The highest BCUT2D eigenvalue weighted by Gasteiger charge is 2.22. The molecule has 20 heavy (non-hydrogen) atoms. The molecule has 106 valence electrons. The van der Waals surface area contributed by atoms with Crippen LogP contribution < -0.4 is 4.74 Å². The number of nitrogens with zero attached hydrogens (tertiary/aromatic N) is 3. The van der Waals surface area contributed by atoms with Crippen molar-refractivity contribution in [3.8, 4) is 17.0 Å². The van der Waals surface area contributed by atoms with E-state index in [2.05, 4.69) is 10.3 Å². The van der Waals surface area contributed by atoms with Gasteiger partial charge in [0.15, 0.2) is 5.69 Å². The molecule has 0 saturated carbocycles.